The highest BCUT2D eigenvalue weighted by Crippen LogP contribution is 2.27. The van der Waals surface area contributed by atoms with E-state index in [4.69, 9.17) is 27.9 Å². The van der Waals surface area contributed by atoms with Crippen molar-refractivity contribution in [3.63, 3.8) is 0 Å². The van der Waals surface area contributed by atoms with E-state index < -0.39 is 11.9 Å². The fourth-order valence-corrected chi connectivity index (χ4v) is 4.12. The Hall–Kier alpha value is -3.87. The molecule has 0 radical (unpaired) electrons. The van der Waals surface area contributed by atoms with Crippen LogP contribution in [-0.4, -0.2) is 24.1 Å². The molecule has 38 heavy (non-hydrogen) atoms. The van der Waals surface area contributed by atoms with Gasteiger partial charge in [-0.25, -0.2) is 5.43 Å². The van der Waals surface area contributed by atoms with Gasteiger partial charge in [-0.05, 0) is 64.7 Å². The second kappa shape index (κ2) is 12.6. The highest BCUT2D eigenvalue weighted by Gasteiger charge is 2.24. The molecular weight excluding hydrogens is 521 g/mol. The molecule has 8 heteroatoms. The standard InChI is InChI=1S/C30H27Cl2N3O3/c1-19(2)28(34-29(36)22-9-14-24(32)15-10-22)30(37)35-33-17-26-25-6-4-3-5-21(25)11-16-27(26)38-18-20-7-12-23(31)13-8-20/h3-17,19,28H,18H2,1-2H3,(H,34,36)(H,35,37). The highest BCUT2D eigenvalue weighted by molar-refractivity contribution is 6.30. The van der Waals surface area contributed by atoms with Crippen molar-refractivity contribution in [1.82, 2.24) is 10.7 Å². The Balaban J connectivity index is 1.51. The lowest BCUT2D eigenvalue weighted by Gasteiger charge is -2.20. The van der Waals surface area contributed by atoms with Crippen molar-refractivity contribution in [2.45, 2.75) is 26.5 Å². The summed E-state index contributed by atoms with van der Waals surface area (Å²) >= 11 is 11.9. The minimum absolute atomic E-state index is 0.169. The molecule has 0 bridgehead atoms. The van der Waals surface area contributed by atoms with Gasteiger partial charge in [-0.2, -0.15) is 5.10 Å². The molecule has 0 spiro atoms. The van der Waals surface area contributed by atoms with Gasteiger partial charge in [-0.15, -0.1) is 0 Å². The summed E-state index contributed by atoms with van der Waals surface area (Å²) in [5.41, 5.74) is 4.68. The van der Waals surface area contributed by atoms with Crippen molar-refractivity contribution >= 4 is 52.0 Å². The maximum Gasteiger partial charge on any atom is 0.262 e. The van der Waals surface area contributed by atoms with E-state index in [1.165, 1.54) is 0 Å². The van der Waals surface area contributed by atoms with Gasteiger partial charge in [0, 0.05) is 21.2 Å². The number of amides is 2. The van der Waals surface area contributed by atoms with Crippen LogP contribution >= 0.6 is 23.2 Å². The highest BCUT2D eigenvalue weighted by atomic mass is 35.5. The van der Waals surface area contributed by atoms with Gasteiger partial charge in [-0.3, -0.25) is 9.59 Å². The lowest BCUT2D eigenvalue weighted by Crippen LogP contribution is -2.48. The Morgan fingerprint density at radius 3 is 2.24 bits per heavy atom. The van der Waals surface area contributed by atoms with Crippen LogP contribution in [0.15, 0.2) is 90.0 Å². The minimum atomic E-state index is -0.788. The van der Waals surface area contributed by atoms with Gasteiger partial charge in [0.1, 0.15) is 18.4 Å². The normalized spacial score (nSPS) is 12.0. The van der Waals surface area contributed by atoms with E-state index in [0.29, 0.717) is 28.0 Å². The molecule has 2 amide bonds. The second-order valence-corrected chi connectivity index (χ2v) is 9.92. The molecule has 1 unspecified atom stereocenters. The largest absolute Gasteiger partial charge is 0.488 e. The van der Waals surface area contributed by atoms with Crippen LogP contribution in [0.2, 0.25) is 10.0 Å². The molecule has 194 valence electrons. The first kappa shape index (κ1) is 27.2. The van der Waals surface area contributed by atoms with Gasteiger partial charge in [0.05, 0.1) is 6.21 Å². The number of benzene rings is 4. The van der Waals surface area contributed by atoms with Crippen LogP contribution in [0.4, 0.5) is 0 Å². The third-order valence-electron chi connectivity index (χ3n) is 5.95. The summed E-state index contributed by atoms with van der Waals surface area (Å²) in [6.45, 7) is 4.04. The first-order chi connectivity index (χ1) is 18.3. The number of nitrogens with one attached hydrogen (secondary N) is 2. The molecular formula is C30H27Cl2N3O3. The lowest BCUT2D eigenvalue weighted by atomic mass is 10.0. The van der Waals surface area contributed by atoms with Gasteiger partial charge < -0.3 is 10.1 Å². The number of ether oxygens (including phenoxy) is 1. The van der Waals surface area contributed by atoms with E-state index in [1.807, 2.05) is 74.5 Å². The average molecular weight is 548 g/mol. The van der Waals surface area contributed by atoms with Crippen molar-refractivity contribution in [1.29, 1.82) is 0 Å². The molecule has 4 aromatic carbocycles. The first-order valence-corrected chi connectivity index (χ1v) is 12.9. The van der Waals surface area contributed by atoms with Gasteiger partial charge in [0.2, 0.25) is 0 Å². The number of carbonyl (C=O) groups is 2. The first-order valence-electron chi connectivity index (χ1n) is 12.1. The van der Waals surface area contributed by atoms with Crippen LogP contribution in [0, 0.1) is 5.92 Å². The van der Waals surface area contributed by atoms with Crippen LogP contribution in [0.5, 0.6) is 5.75 Å². The summed E-state index contributed by atoms with van der Waals surface area (Å²) in [6.07, 6.45) is 1.57. The van der Waals surface area contributed by atoms with Gasteiger partial charge in [-0.1, -0.05) is 79.5 Å². The van der Waals surface area contributed by atoms with Crippen LogP contribution in [0.1, 0.15) is 35.3 Å². The van der Waals surface area contributed by atoms with Gasteiger partial charge in [0.15, 0.2) is 0 Å². The zero-order valence-electron chi connectivity index (χ0n) is 20.9. The Kier molecular flexibility index (Phi) is 9.00. The Labute approximate surface area is 231 Å². The maximum atomic E-state index is 13.0. The average Bonchev–Trinajstić information content (AvgIpc) is 2.92. The van der Waals surface area contributed by atoms with E-state index in [-0.39, 0.29) is 11.8 Å². The Bertz CT molecular complexity index is 1450. The van der Waals surface area contributed by atoms with Crippen molar-refractivity contribution in [3.8, 4) is 5.75 Å². The predicted molar refractivity (Wildman–Crippen MR) is 153 cm³/mol. The number of carbonyl (C=O) groups excluding carboxylic acids is 2. The SMILES string of the molecule is CC(C)C(NC(=O)c1ccc(Cl)cc1)C(=O)NN=Cc1c(OCc2ccc(Cl)cc2)ccc2ccccc12. The zero-order valence-corrected chi connectivity index (χ0v) is 22.5. The lowest BCUT2D eigenvalue weighted by molar-refractivity contribution is -0.123. The van der Waals surface area contributed by atoms with Gasteiger partial charge >= 0.3 is 0 Å². The molecule has 0 heterocycles. The van der Waals surface area contributed by atoms with Crippen molar-refractivity contribution < 1.29 is 14.3 Å². The van der Waals surface area contributed by atoms with Crippen molar-refractivity contribution in [2.75, 3.05) is 0 Å². The summed E-state index contributed by atoms with van der Waals surface area (Å²) in [5, 5.41) is 10.1. The van der Waals surface area contributed by atoms with Crippen LogP contribution < -0.4 is 15.5 Å². The third kappa shape index (κ3) is 6.91. The quantitative estimate of drug-likeness (QED) is 0.182. The molecule has 4 aromatic rings. The molecule has 4 rings (SSSR count). The topological polar surface area (TPSA) is 79.8 Å². The van der Waals surface area contributed by atoms with E-state index in [1.54, 1.807) is 30.5 Å². The number of hydrogen-bond donors (Lipinski definition) is 2. The summed E-state index contributed by atoms with van der Waals surface area (Å²) in [6, 6.07) is 24.8. The number of hydrazone groups is 1. The smallest absolute Gasteiger partial charge is 0.262 e. The van der Waals surface area contributed by atoms with E-state index in [2.05, 4.69) is 15.8 Å². The molecule has 0 saturated carbocycles. The Morgan fingerprint density at radius 1 is 0.895 bits per heavy atom. The number of fused-ring (bicyclic) bond motifs is 1. The molecule has 0 aromatic heterocycles. The van der Waals surface area contributed by atoms with Gasteiger partial charge in [0.25, 0.3) is 11.8 Å². The number of rotatable bonds is 9. The predicted octanol–water partition coefficient (Wildman–Crippen LogP) is 6.63. The summed E-state index contributed by atoms with van der Waals surface area (Å²) in [5.74, 6) is -0.348. The fourth-order valence-electron chi connectivity index (χ4n) is 3.87. The van der Waals surface area contributed by atoms with Crippen LogP contribution in [-0.2, 0) is 11.4 Å². The number of halogens is 2. The fraction of sp³-hybridized carbons (Fsp3) is 0.167. The molecule has 1 atom stereocenters. The van der Waals surface area contributed by atoms with E-state index in [9.17, 15) is 9.59 Å². The second-order valence-electron chi connectivity index (χ2n) is 9.05. The molecule has 2 N–H and O–H groups in total. The number of hydrogen-bond acceptors (Lipinski definition) is 4. The molecule has 0 aliphatic rings. The molecule has 0 fully saturated rings. The van der Waals surface area contributed by atoms with Crippen molar-refractivity contribution in [3.05, 3.63) is 112 Å². The summed E-state index contributed by atoms with van der Waals surface area (Å²) < 4.78 is 6.11. The van der Waals surface area contributed by atoms with Crippen molar-refractivity contribution in [2.24, 2.45) is 11.0 Å². The molecule has 0 saturated heterocycles. The summed E-state index contributed by atoms with van der Waals surface area (Å²) in [7, 11) is 0. The third-order valence-corrected chi connectivity index (χ3v) is 6.45. The zero-order chi connectivity index (χ0) is 27.1. The van der Waals surface area contributed by atoms with E-state index in [0.717, 1.165) is 21.9 Å². The van der Waals surface area contributed by atoms with Crippen LogP contribution in [0.3, 0.4) is 0 Å². The monoisotopic (exact) mass is 547 g/mol. The summed E-state index contributed by atoms with van der Waals surface area (Å²) in [4.78, 5) is 25.7. The number of nitrogens with zero attached hydrogens (tertiary/aromatic N) is 1. The van der Waals surface area contributed by atoms with E-state index >= 15 is 0 Å². The molecule has 0 aliphatic heterocycles. The van der Waals surface area contributed by atoms with Crippen LogP contribution in [0.25, 0.3) is 10.8 Å². The minimum Gasteiger partial charge on any atom is -0.488 e. The Morgan fingerprint density at radius 2 is 1.55 bits per heavy atom. The maximum absolute atomic E-state index is 13.0. The molecule has 0 aliphatic carbocycles. The molecule has 6 nitrogen and oxygen atoms in total.